The number of aromatic nitrogens is 3. The number of nitrogens with zero attached hydrogens (tertiary/aromatic N) is 3. The predicted molar refractivity (Wildman–Crippen MR) is 113 cm³/mol. The molecule has 1 unspecified atom stereocenters. The van der Waals surface area contributed by atoms with Crippen LogP contribution in [-0.2, 0) is 4.79 Å². The lowest BCUT2D eigenvalue weighted by Crippen LogP contribution is -2.39. The molecular formula is C22H23F3N4O4. The van der Waals surface area contributed by atoms with Gasteiger partial charge in [-0.3, -0.25) is 4.79 Å². The van der Waals surface area contributed by atoms with Crippen LogP contribution in [0.5, 0.6) is 5.75 Å². The number of alkyl halides is 3. The minimum absolute atomic E-state index is 0.0512. The van der Waals surface area contributed by atoms with Gasteiger partial charge >= 0.3 is 12.1 Å². The second kappa shape index (κ2) is 9.47. The number of halogens is 3. The summed E-state index contributed by atoms with van der Waals surface area (Å²) in [5.41, 5.74) is 3.25. The highest BCUT2D eigenvalue weighted by Gasteiger charge is 2.38. The summed E-state index contributed by atoms with van der Waals surface area (Å²) in [6, 6.07) is 8.52. The third-order valence-electron chi connectivity index (χ3n) is 5.38. The Morgan fingerprint density at radius 1 is 1.15 bits per heavy atom. The fourth-order valence-corrected chi connectivity index (χ4v) is 3.55. The third kappa shape index (κ3) is 5.79. The highest BCUT2D eigenvalue weighted by Crippen LogP contribution is 2.27. The van der Waals surface area contributed by atoms with E-state index in [1.807, 2.05) is 24.8 Å². The number of hydrogen-bond acceptors (Lipinski definition) is 5. The number of aliphatic carboxylic acids is 1. The van der Waals surface area contributed by atoms with Gasteiger partial charge in [-0.1, -0.05) is 6.07 Å². The summed E-state index contributed by atoms with van der Waals surface area (Å²) in [6.45, 7) is 5.41. The maximum absolute atomic E-state index is 12.9. The van der Waals surface area contributed by atoms with E-state index in [2.05, 4.69) is 15.0 Å². The molecule has 1 atom stereocenters. The molecule has 0 saturated carbocycles. The summed E-state index contributed by atoms with van der Waals surface area (Å²) < 4.78 is 31.7. The largest absolute Gasteiger partial charge is 0.508 e. The van der Waals surface area contributed by atoms with E-state index in [0.29, 0.717) is 17.8 Å². The molecule has 11 heteroatoms. The lowest BCUT2D eigenvalue weighted by atomic mass is 9.97. The quantitative estimate of drug-likeness (QED) is 0.529. The number of H-pyrrole nitrogens is 1. The van der Waals surface area contributed by atoms with Crippen molar-refractivity contribution in [2.75, 3.05) is 13.1 Å². The molecule has 0 aliphatic carbocycles. The number of rotatable bonds is 2. The van der Waals surface area contributed by atoms with Gasteiger partial charge in [0.25, 0.3) is 5.91 Å². The number of carboxylic acids is 1. The van der Waals surface area contributed by atoms with Crippen LogP contribution in [0.1, 0.15) is 46.5 Å². The number of carbonyl (C=O) groups is 2. The van der Waals surface area contributed by atoms with Crippen LogP contribution in [0.3, 0.4) is 0 Å². The van der Waals surface area contributed by atoms with E-state index in [0.717, 1.165) is 42.0 Å². The molecule has 3 aromatic rings. The van der Waals surface area contributed by atoms with Crippen LogP contribution in [0.2, 0.25) is 0 Å². The highest BCUT2D eigenvalue weighted by atomic mass is 19.4. The summed E-state index contributed by atoms with van der Waals surface area (Å²) in [7, 11) is 0. The van der Waals surface area contributed by atoms with Gasteiger partial charge in [0.1, 0.15) is 17.3 Å². The van der Waals surface area contributed by atoms with Gasteiger partial charge < -0.3 is 20.1 Å². The summed E-state index contributed by atoms with van der Waals surface area (Å²) in [5, 5.41) is 17.5. The number of likely N-dealkylation sites (tertiary alicyclic amines) is 1. The number of nitrogens with one attached hydrogen (secondary N) is 1. The maximum Gasteiger partial charge on any atom is 0.490 e. The molecule has 3 heterocycles. The number of benzene rings is 1. The molecule has 0 bridgehead atoms. The molecule has 1 aliphatic rings. The van der Waals surface area contributed by atoms with Crippen molar-refractivity contribution >= 4 is 22.8 Å². The van der Waals surface area contributed by atoms with Crippen molar-refractivity contribution in [3.05, 3.63) is 53.2 Å². The van der Waals surface area contributed by atoms with Crippen LogP contribution in [0, 0.1) is 13.8 Å². The van der Waals surface area contributed by atoms with Crippen molar-refractivity contribution < 1.29 is 33.0 Å². The highest BCUT2D eigenvalue weighted by molar-refractivity contribution is 5.95. The number of phenolic OH excluding ortho intramolecular Hbond substituents is 1. The molecule has 1 aromatic carbocycles. The average Bonchev–Trinajstić information content (AvgIpc) is 3.11. The zero-order valence-corrected chi connectivity index (χ0v) is 18.0. The van der Waals surface area contributed by atoms with Crippen LogP contribution >= 0.6 is 0 Å². The molecule has 176 valence electrons. The molecule has 1 saturated heterocycles. The molecule has 0 spiro atoms. The Morgan fingerprint density at radius 2 is 1.85 bits per heavy atom. The third-order valence-corrected chi connectivity index (χ3v) is 5.38. The van der Waals surface area contributed by atoms with Crippen molar-refractivity contribution in [1.82, 2.24) is 19.9 Å². The molecule has 8 nitrogen and oxygen atoms in total. The second-order valence-electron chi connectivity index (χ2n) is 7.80. The van der Waals surface area contributed by atoms with Crippen LogP contribution < -0.4 is 0 Å². The average molecular weight is 464 g/mol. The fourth-order valence-electron chi connectivity index (χ4n) is 3.55. The van der Waals surface area contributed by atoms with E-state index >= 15 is 0 Å². The number of amides is 1. The minimum atomic E-state index is -5.08. The maximum atomic E-state index is 12.9. The fraction of sp³-hybridized carbons (Fsp3) is 0.364. The number of hydrogen-bond donors (Lipinski definition) is 3. The number of carboxylic acid groups (broad SMARTS) is 1. The Hall–Kier alpha value is -3.63. The number of phenols is 1. The molecule has 33 heavy (non-hydrogen) atoms. The van der Waals surface area contributed by atoms with Crippen molar-refractivity contribution in [1.29, 1.82) is 0 Å². The van der Waals surface area contributed by atoms with Gasteiger partial charge in [-0.2, -0.15) is 13.2 Å². The van der Waals surface area contributed by atoms with Crippen LogP contribution in [0.4, 0.5) is 13.2 Å². The van der Waals surface area contributed by atoms with Gasteiger partial charge in [-0.15, -0.1) is 0 Å². The number of aryl methyl sites for hydroxylation is 2. The van der Waals surface area contributed by atoms with Gasteiger partial charge in [0, 0.05) is 30.1 Å². The summed E-state index contributed by atoms with van der Waals surface area (Å²) >= 11 is 0. The first-order chi connectivity index (χ1) is 15.5. The first-order valence-electron chi connectivity index (χ1n) is 10.2. The van der Waals surface area contributed by atoms with E-state index < -0.39 is 12.1 Å². The van der Waals surface area contributed by atoms with Gasteiger partial charge in [-0.25, -0.2) is 14.8 Å². The zero-order valence-electron chi connectivity index (χ0n) is 18.0. The van der Waals surface area contributed by atoms with Gasteiger partial charge in [0.05, 0.1) is 11.2 Å². The van der Waals surface area contributed by atoms with Crippen molar-refractivity contribution in [2.45, 2.75) is 38.8 Å². The number of pyridine rings is 1. The lowest BCUT2D eigenvalue weighted by molar-refractivity contribution is -0.192. The topological polar surface area (TPSA) is 119 Å². The molecule has 1 fully saturated rings. The van der Waals surface area contributed by atoms with Crippen molar-refractivity contribution in [3.8, 4) is 5.75 Å². The number of piperidine rings is 1. The smallest absolute Gasteiger partial charge is 0.490 e. The lowest BCUT2D eigenvalue weighted by Gasteiger charge is -2.31. The summed E-state index contributed by atoms with van der Waals surface area (Å²) in [4.78, 5) is 36.2. The Morgan fingerprint density at radius 3 is 2.45 bits per heavy atom. The number of carbonyl (C=O) groups excluding carboxylic acids is 1. The SMILES string of the molecule is Cc1nc(C2CCCN(C(=O)c3ccc4cc(O)ccc4n3)C2)[nH]c1C.O=C(O)C(F)(F)F. The zero-order chi connectivity index (χ0) is 24.3. The Balaban J connectivity index is 0.000000383. The van der Waals surface area contributed by atoms with Crippen molar-refractivity contribution in [3.63, 3.8) is 0 Å². The van der Waals surface area contributed by atoms with Crippen molar-refractivity contribution in [2.24, 2.45) is 0 Å². The molecule has 3 N–H and O–H groups in total. The minimum Gasteiger partial charge on any atom is -0.508 e. The second-order valence-corrected chi connectivity index (χ2v) is 7.80. The van der Waals surface area contributed by atoms with Gasteiger partial charge in [-0.05, 0) is 51.0 Å². The van der Waals surface area contributed by atoms with Gasteiger partial charge in [0.15, 0.2) is 0 Å². The van der Waals surface area contributed by atoms with Crippen LogP contribution in [0.15, 0.2) is 30.3 Å². The number of aromatic amines is 1. The Labute approximate surface area is 187 Å². The Bertz CT molecular complexity index is 1160. The summed E-state index contributed by atoms with van der Waals surface area (Å²) in [5.74, 6) is -1.41. The van der Waals surface area contributed by atoms with Crippen LogP contribution in [0.25, 0.3) is 10.9 Å². The standard InChI is InChI=1S/C20H22N4O2.C2HF3O2/c1-12-13(2)22-19(21-12)15-4-3-9-24(11-15)20(26)18-7-5-14-10-16(25)6-8-17(14)23-18;3-2(4,5)1(6)7/h5-8,10,15,25H,3-4,9,11H2,1-2H3,(H,21,22);(H,6,7). The Kier molecular flexibility index (Phi) is 6.89. The van der Waals surface area contributed by atoms with E-state index in [9.17, 15) is 23.1 Å². The molecular weight excluding hydrogens is 441 g/mol. The molecule has 4 rings (SSSR count). The van der Waals surface area contributed by atoms with E-state index in [-0.39, 0.29) is 17.6 Å². The number of imidazole rings is 1. The first kappa shape index (κ1) is 24.0. The molecule has 0 radical (unpaired) electrons. The van der Waals surface area contributed by atoms with E-state index in [1.165, 1.54) is 0 Å². The first-order valence-corrected chi connectivity index (χ1v) is 10.2. The molecule has 1 amide bonds. The molecule has 1 aliphatic heterocycles. The van der Waals surface area contributed by atoms with E-state index in [4.69, 9.17) is 9.90 Å². The normalized spacial score (nSPS) is 16.3. The van der Waals surface area contributed by atoms with E-state index in [1.54, 1.807) is 24.3 Å². The predicted octanol–water partition coefficient (Wildman–Crippen LogP) is 3.93. The summed E-state index contributed by atoms with van der Waals surface area (Å²) in [6.07, 6.45) is -3.10. The molecule has 2 aromatic heterocycles. The van der Waals surface area contributed by atoms with Crippen LogP contribution in [-0.4, -0.2) is 61.2 Å². The number of fused-ring (bicyclic) bond motifs is 1. The van der Waals surface area contributed by atoms with Gasteiger partial charge in [0.2, 0.25) is 0 Å². The monoisotopic (exact) mass is 464 g/mol. The number of aromatic hydroxyl groups is 1.